The summed E-state index contributed by atoms with van der Waals surface area (Å²) < 4.78 is 5.33. The van der Waals surface area contributed by atoms with Crippen LogP contribution in [0, 0.1) is 5.92 Å². The molecule has 0 saturated carbocycles. The van der Waals surface area contributed by atoms with Gasteiger partial charge >= 0.3 is 5.97 Å². The molecule has 0 fully saturated rings. The van der Waals surface area contributed by atoms with E-state index in [9.17, 15) is 9.59 Å². The Labute approximate surface area is 118 Å². The van der Waals surface area contributed by atoms with Crippen LogP contribution in [0.5, 0.6) is 5.75 Å². The Hall–Kier alpha value is -2.04. The molecule has 5 nitrogen and oxygen atoms in total. The van der Waals surface area contributed by atoms with E-state index in [0.717, 1.165) is 11.3 Å². The normalized spacial score (nSPS) is 11.7. The molecule has 0 heterocycles. The van der Waals surface area contributed by atoms with Crippen molar-refractivity contribution < 1.29 is 19.4 Å². The zero-order valence-corrected chi connectivity index (χ0v) is 11.9. The van der Waals surface area contributed by atoms with Gasteiger partial charge in [0.1, 0.15) is 5.75 Å². The maximum atomic E-state index is 11.7. The zero-order chi connectivity index (χ0) is 15.0. The summed E-state index contributed by atoms with van der Waals surface area (Å²) in [5.41, 5.74) is 0.900. The van der Waals surface area contributed by atoms with Crippen molar-refractivity contribution in [2.45, 2.75) is 26.7 Å². The van der Waals surface area contributed by atoms with Crippen molar-refractivity contribution in [2.24, 2.45) is 5.92 Å². The molecule has 5 heteroatoms. The highest BCUT2D eigenvalue weighted by Crippen LogP contribution is 2.12. The van der Waals surface area contributed by atoms with Crippen LogP contribution in [-0.2, 0) is 16.0 Å². The van der Waals surface area contributed by atoms with E-state index in [1.54, 1.807) is 6.92 Å². The van der Waals surface area contributed by atoms with Gasteiger partial charge in [-0.05, 0) is 30.5 Å². The molecular weight excluding hydrogens is 258 g/mol. The van der Waals surface area contributed by atoms with Gasteiger partial charge in [-0.3, -0.25) is 9.59 Å². The van der Waals surface area contributed by atoms with Crippen molar-refractivity contribution in [3.05, 3.63) is 29.8 Å². The standard InChI is InChI=1S/C15H21NO4/c1-3-20-13-6-4-12(5-7-13)9-14(17)16-10-11(2)8-15(18)19/h4-7,11H,3,8-10H2,1-2H3,(H,16,17)(H,18,19). The molecule has 0 aliphatic carbocycles. The molecule has 110 valence electrons. The SMILES string of the molecule is CCOc1ccc(CC(=O)NCC(C)CC(=O)O)cc1. The average Bonchev–Trinajstić information content (AvgIpc) is 2.38. The highest BCUT2D eigenvalue weighted by atomic mass is 16.5. The molecule has 20 heavy (non-hydrogen) atoms. The van der Waals surface area contributed by atoms with Gasteiger partial charge in [0.05, 0.1) is 13.0 Å². The molecule has 1 unspecified atom stereocenters. The molecule has 0 bridgehead atoms. The first kappa shape index (κ1) is 16.0. The van der Waals surface area contributed by atoms with Crippen LogP contribution in [0.1, 0.15) is 25.8 Å². The van der Waals surface area contributed by atoms with E-state index in [1.165, 1.54) is 0 Å². The van der Waals surface area contributed by atoms with Crippen LogP contribution in [0.25, 0.3) is 0 Å². The summed E-state index contributed by atoms with van der Waals surface area (Å²) in [6.45, 7) is 4.70. The Morgan fingerprint density at radius 3 is 2.50 bits per heavy atom. The van der Waals surface area contributed by atoms with E-state index in [0.29, 0.717) is 13.2 Å². The van der Waals surface area contributed by atoms with E-state index in [-0.39, 0.29) is 24.7 Å². The molecule has 0 spiro atoms. The quantitative estimate of drug-likeness (QED) is 0.761. The van der Waals surface area contributed by atoms with Gasteiger partial charge in [-0.25, -0.2) is 0 Å². The fourth-order valence-corrected chi connectivity index (χ4v) is 1.78. The molecular formula is C15H21NO4. The van der Waals surface area contributed by atoms with Crippen molar-refractivity contribution in [1.82, 2.24) is 5.32 Å². The first-order valence-electron chi connectivity index (χ1n) is 6.71. The first-order valence-corrected chi connectivity index (χ1v) is 6.71. The van der Waals surface area contributed by atoms with Gasteiger partial charge < -0.3 is 15.2 Å². The minimum Gasteiger partial charge on any atom is -0.494 e. The number of nitrogens with one attached hydrogen (secondary N) is 1. The Bertz CT molecular complexity index is 442. The summed E-state index contributed by atoms with van der Waals surface area (Å²) in [4.78, 5) is 22.2. The number of carboxylic acids is 1. The van der Waals surface area contributed by atoms with Gasteiger partial charge in [0.15, 0.2) is 0 Å². The molecule has 0 aliphatic heterocycles. The molecule has 0 radical (unpaired) electrons. The van der Waals surface area contributed by atoms with Gasteiger partial charge in [0, 0.05) is 13.0 Å². The molecule has 1 aromatic carbocycles. The smallest absolute Gasteiger partial charge is 0.303 e. The molecule has 1 aromatic rings. The van der Waals surface area contributed by atoms with Gasteiger partial charge in [0.2, 0.25) is 5.91 Å². The average molecular weight is 279 g/mol. The van der Waals surface area contributed by atoms with Crippen molar-refractivity contribution in [2.75, 3.05) is 13.2 Å². The van der Waals surface area contributed by atoms with Crippen LogP contribution in [0.15, 0.2) is 24.3 Å². The lowest BCUT2D eigenvalue weighted by atomic mass is 10.1. The summed E-state index contributed by atoms with van der Waals surface area (Å²) in [5, 5.41) is 11.4. The van der Waals surface area contributed by atoms with Gasteiger partial charge in [-0.1, -0.05) is 19.1 Å². The number of hydrogen-bond acceptors (Lipinski definition) is 3. The minimum absolute atomic E-state index is 0.0589. The number of amides is 1. The molecule has 0 aliphatic rings. The van der Waals surface area contributed by atoms with E-state index in [2.05, 4.69) is 5.32 Å². The van der Waals surface area contributed by atoms with E-state index in [1.807, 2.05) is 31.2 Å². The van der Waals surface area contributed by atoms with E-state index < -0.39 is 5.97 Å². The summed E-state index contributed by atoms with van der Waals surface area (Å²) in [7, 11) is 0. The first-order chi connectivity index (χ1) is 9.51. The molecule has 0 saturated heterocycles. The van der Waals surface area contributed by atoms with Crippen LogP contribution < -0.4 is 10.1 Å². The van der Waals surface area contributed by atoms with E-state index in [4.69, 9.17) is 9.84 Å². The maximum absolute atomic E-state index is 11.7. The third-order valence-corrected chi connectivity index (χ3v) is 2.77. The van der Waals surface area contributed by atoms with Crippen LogP contribution in [0.3, 0.4) is 0 Å². The largest absolute Gasteiger partial charge is 0.494 e. The van der Waals surface area contributed by atoms with Crippen molar-refractivity contribution in [3.63, 3.8) is 0 Å². The van der Waals surface area contributed by atoms with Crippen LogP contribution >= 0.6 is 0 Å². The Balaban J connectivity index is 2.36. The molecule has 1 atom stereocenters. The number of aliphatic carboxylic acids is 1. The van der Waals surface area contributed by atoms with E-state index >= 15 is 0 Å². The Morgan fingerprint density at radius 1 is 1.30 bits per heavy atom. The summed E-state index contributed by atoms with van der Waals surface area (Å²) in [6, 6.07) is 7.37. The highest BCUT2D eigenvalue weighted by molar-refractivity contribution is 5.78. The second kappa shape index (κ2) is 8.19. The monoisotopic (exact) mass is 279 g/mol. The van der Waals surface area contributed by atoms with Gasteiger partial charge in [0.25, 0.3) is 0 Å². The van der Waals surface area contributed by atoms with Crippen molar-refractivity contribution in [3.8, 4) is 5.75 Å². The lowest BCUT2D eigenvalue weighted by molar-refractivity contribution is -0.138. The van der Waals surface area contributed by atoms with Crippen LogP contribution in [0.2, 0.25) is 0 Å². The maximum Gasteiger partial charge on any atom is 0.303 e. The fourth-order valence-electron chi connectivity index (χ4n) is 1.78. The third-order valence-electron chi connectivity index (χ3n) is 2.77. The molecule has 1 amide bonds. The molecule has 1 rings (SSSR count). The summed E-state index contributed by atoms with van der Waals surface area (Å²) in [6.07, 6.45) is 0.343. The molecule has 2 N–H and O–H groups in total. The minimum atomic E-state index is -0.849. The Kier molecular flexibility index (Phi) is 6.56. The van der Waals surface area contributed by atoms with Crippen LogP contribution in [-0.4, -0.2) is 30.1 Å². The van der Waals surface area contributed by atoms with Crippen molar-refractivity contribution >= 4 is 11.9 Å². The topological polar surface area (TPSA) is 75.6 Å². The molecule has 0 aromatic heterocycles. The second-order valence-electron chi connectivity index (χ2n) is 4.76. The highest BCUT2D eigenvalue weighted by Gasteiger charge is 2.09. The predicted molar refractivity (Wildman–Crippen MR) is 75.7 cm³/mol. The van der Waals surface area contributed by atoms with Gasteiger partial charge in [-0.2, -0.15) is 0 Å². The van der Waals surface area contributed by atoms with Crippen LogP contribution in [0.4, 0.5) is 0 Å². The zero-order valence-electron chi connectivity index (χ0n) is 11.9. The number of benzene rings is 1. The summed E-state index contributed by atoms with van der Waals surface area (Å²) in [5.74, 6) is -0.242. The second-order valence-corrected chi connectivity index (χ2v) is 4.76. The lowest BCUT2D eigenvalue weighted by Gasteiger charge is -2.10. The third kappa shape index (κ3) is 6.22. The van der Waals surface area contributed by atoms with Crippen molar-refractivity contribution in [1.29, 1.82) is 0 Å². The Morgan fingerprint density at radius 2 is 1.95 bits per heavy atom. The number of carboxylic acid groups (broad SMARTS) is 1. The lowest BCUT2D eigenvalue weighted by Crippen LogP contribution is -2.30. The number of carbonyl (C=O) groups excluding carboxylic acids is 1. The number of ether oxygens (including phenoxy) is 1. The summed E-state index contributed by atoms with van der Waals surface area (Å²) >= 11 is 0. The predicted octanol–water partition coefficient (Wildman–Crippen LogP) is 1.85. The number of carbonyl (C=O) groups is 2. The van der Waals surface area contributed by atoms with Gasteiger partial charge in [-0.15, -0.1) is 0 Å². The fraction of sp³-hybridized carbons (Fsp3) is 0.467. The number of rotatable bonds is 8. The number of hydrogen-bond donors (Lipinski definition) is 2.